The average molecular weight is 650 g/mol. The number of benzene rings is 2. The van der Waals surface area contributed by atoms with Crippen LogP contribution in [-0.2, 0) is 30.4 Å². The van der Waals surface area contributed by atoms with E-state index in [2.05, 4.69) is 5.32 Å². The van der Waals surface area contributed by atoms with Crippen molar-refractivity contribution in [3.8, 4) is 5.75 Å². The van der Waals surface area contributed by atoms with E-state index in [0.717, 1.165) is 13.1 Å². The molecule has 3 unspecified atom stereocenters. The summed E-state index contributed by atoms with van der Waals surface area (Å²) in [6.07, 6.45) is -0.335. The summed E-state index contributed by atoms with van der Waals surface area (Å²) >= 11 is 0. The number of nitrogens with zero attached hydrogens (tertiary/aromatic N) is 2. The maximum absolute atomic E-state index is 15.5. The lowest BCUT2D eigenvalue weighted by Crippen LogP contribution is -2.73. The van der Waals surface area contributed by atoms with E-state index >= 15 is 4.39 Å². The second-order valence-electron chi connectivity index (χ2n) is 13.9. The quantitative estimate of drug-likeness (QED) is 0.192. The Bertz CT molecular complexity index is 1660. The van der Waals surface area contributed by atoms with Crippen molar-refractivity contribution in [1.29, 1.82) is 0 Å². The standard InChI is InChI=1S/C30H30B8FN3O7/c1-24(2)12-41(13-25(3,4)49-24)28(33,34)15-9-10-18(39)17(11-15)30(37,38)48-19-8-6-7-16-20(19)29(35,36)42(23(16)45)21(22(44)40-5)27(32,47)26(31,46)14-43/h6-11,14,21,46-47H,12-13H2,1-5H3,(H,40,44). The Labute approximate surface area is 296 Å². The summed E-state index contributed by atoms with van der Waals surface area (Å²) in [6.45, 7) is 8.18. The van der Waals surface area contributed by atoms with Crippen LogP contribution in [0.1, 0.15) is 54.7 Å². The highest BCUT2D eigenvalue weighted by Gasteiger charge is 2.58. The summed E-state index contributed by atoms with van der Waals surface area (Å²) in [4.78, 5) is 40.5. The number of ether oxygens (including phenoxy) is 2. The fraction of sp³-hybridized carbons (Fsp3) is 0.500. The molecule has 4 rings (SSSR count). The first-order valence-corrected chi connectivity index (χ1v) is 15.0. The molecule has 2 heterocycles. The molecule has 2 aromatic carbocycles. The Morgan fingerprint density at radius 1 is 1.04 bits per heavy atom. The van der Waals surface area contributed by atoms with Crippen molar-refractivity contribution in [3.63, 3.8) is 0 Å². The van der Waals surface area contributed by atoms with Gasteiger partial charge in [0.1, 0.15) is 55.3 Å². The van der Waals surface area contributed by atoms with Gasteiger partial charge in [-0.25, -0.2) is 4.39 Å². The predicted molar refractivity (Wildman–Crippen MR) is 185 cm³/mol. The number of nitrogens with one attached hydrogen (secondary N) is 1. The number of rotatable bonds is 10. The number of fused-ring (bicyclic) bond motifs is 1. The van der Waals surface area contributed by atoms with Crippen LogP contribution in [0.2, 0.25) is 0 Å². The summed E-state index contributed by atoms with van der Waals surface area (Å²) in [5, 5.41) is 16.8. The van der Waals surface area contributed by atoms with Crippen molar-refractivity contribution in [2.24, 2.45) is 0 Å². The van der Waals surface area contributed by atoms with Crippen molar-refractivity contribution in [2.75, 3.05) is 20.1 Å². The molecule has 10 nitrogen and oxygen atoms in total. The van der Waals surface area contributed by atoms with Crippen molar-refractivity contribution in [1.82, 2.24) is 15.1 Å². The zero-order valence-electron chi connectivity index (χ0n) is 27.9. The van der Waals surface area contributed by atoms with Gasteiger partial charge >= 0.3 is 0 Å². The van der Waals surface area contributed by atoms with Gasteiger partial charge in [-0.2, -0.15) is 0 Å². The molecule has 238 valence electrons. The number of hydrogen-bond donors (Lipinski definition) is 3. The highest BCUT2D eigenvalue weighted by molar-refractivity contribution is 6.44. The molecule has 0 bridgehead atoms. The molecule has 2 aliphatic rings. The van der Waals surface area contributed by atoms with E-state index in [1.54, 1.807) is 4.90 Å². The molecular formula is C30H30B8FN3O7. The van der Waals surface area contributed by atoms with Crippen LogP contribution in [0.3, 0.4) is 0 Å². The number of halogens is 1. The summed E-state index contributed by atoms with van der Waals surface area (Å²) in [5.74, 6) is -3.59. The van der Waals surface area contributed by atoms with Gasteiger partial charge in [-0.05, 0) is 62.1 Å². The van der Waals surface area contributed by atoms with Crippen molar-refractivity contribution >= 4 is 80.9 Å². The third-order valence-corrected chi connectivity index (χ3v) is 8.61. The molecule has 0 spiro atoms. The van der Waals surface area contributed by atoms with Crippen LogP contribution in [0, 0.1) is 5.82 Å². The van der Waals surface area contributed by atoms with Crippen LogP contribution >= 0.6 is 0 Å². The van der Waals surface area contributed by atoms with E-state index in [4.69, 9.17) is 72.2 Å². The minimum atomic E-state index is -3.35. The van der Waals surface area contributed by atoms with E-state index < -0.39 is 67.5 Å². The highest BCUT2D eigenvalue weighted by Crippen LogP contribution is 2.45. The normalized spacial score (nSPS) is 21.9. The molecule has 3 atom stereocenters. The van der Waals surface area contributed by atoms with Gasteiger partial charge in [0.15, 0.2) is 0 Å². The molecule has 1 fully saturated rings. The third-order valence-electron chi connectivity index (χ3n) is 8.61. The van der Waals surface area contributed by atoms with Crippen molar-refractivity contribution < 1.29 is 38.5 Å². The molecular weight excluding hydrogens is 620 g/mol. The Morgan fingerprint density at radius 2 is 1.61 bits per heavy atom. The largest absolute Gasteiger partial charge is 0.502 e. The van der Waals surface area contributed by atoms with E-state index in [0.29, 0.717) is 18.0 Å². The number of hydrogen-bond acceptors (Lipinski definition) is 8. The molecule has 0 saturated carbocycles. The molecule has 2 aromatic rings. The first kappa shape index (κ1) is 38.9. The maximum atomic E-state index is 15.5. The zero-order chi connectivity index (χ0) is 37.3. The Balaban J connectivity index is 1.78. The lowest BCUT2D eigenvalue weighted by molar-refractivity contribution is -0.186. The number of carbonyl (C=O) groups is 3. The summed E-state index contributed by atoms with van der Waals surface area (Å²) < 4.78 is 27.5. The molecule has 0 aromatic heterocycles. The third kappa shape index (κ3) is 6.80. The van der Waals surface area contributed by atoms with Crippen LogP contribution < -0.4 is 10.1 Å². The summed E-state index contributed by atoms with van der Waals surface area (Å²) in [6, 6.07) is 5.10. The molecule has 2 aliphatic heterocycles. The summed E-state index contributed by atoms with van der Waals surface area (Å²) in [5.41, 5.74) is -8.72. The smallest absolute Gasteiger partial charge is 0.254 e. The number of likely N-dealkylation sites (N-methyl/N-ethyl adjacent to an activating group) is 1. The fourth-order valence-electron chi connectivity index (χ4n) is 6.46. The molecule has 1 saturated heterocycles. The van der Waals surface area contributed by atoms with Gasteiger partial charge in [0.05, 0.1) is 59.0 Å². The molecule has 19 heteroatoms. The number of aldehydes is 1. The van der Waals surface area contributed by atoms with Gasteiger partial charge in [0, 0.05) is 36.8 Å². The van der Waals surface area contributed by atoms with E-state index in [9.17, 15) is 24.6 Å². The molecule has 2 amide bonds. The van der Waals surface area contributed by atoms with Gasteiger partial charge < -0.3 is 39.6 Å². The monoisotopic (exact) mass is 651 g/mol. The minimum Gasteiger partial charge on any atom is -0.502 e. The second-order valence-corrected chi connectivity index (χ2v) is 13.9. The molecule has 3 N–H and O–H groups in total. The Morgan fingerprint density at radius 3 is 2.14 bits per heavy atom. The number of amides is 2. The van der Waals surface area contributed by atoms with Gasteiger partial charge in [-0.1, -0.05) is 18.2 Å². The maximum Gasteiger partial charge on any atom is 0.254 e. The fourth-order valence-corrected chi connectivity index (χ4v) is 6.46. The van der Waals surface area contributed by atoms with Crippen LogP contribution in [0.5, 0.6) is 5.75 Å². The van der Waals surface area contributed by atoms with Gasteiger partial charge in [-0.3, -0.25) is 9.59 Å². The Hall–Kier alpha value is -2.86. The second kappa shape index (κ2) is 12.4. The van der Waals surface area contributed by atoms with Crippen molar-refractivity contribution in [3.05, 3.63) is 64.5 Å². The van der Waals surface area contributed by atoms with Gasteiger partial charge in [-0.15, -0.1) is 0 Å². The van der Waals surface area contributed by atoms with Crippen LogP contribution in [0.25, 0.3) is 0 Å². The van der Waals surface area contributed by atoms with Gasteiger partial charge in [0.2, 0.25) is 5.91 Å². The average Bonchev–Trinajstić information content (AvgIpc) is 3.16. The van der Waals surface area contributed by atoms with E-state index in [1.165, 1.54) is 30.3 Å². The molecule has 49 heavy (non-hydrogen) atoms. The topological polar surface area (TPSA) is 129 Å². The zero-order valence-corrected chi connectivity index (χ0v) is 27.9. The van der Waals surface area contributed by atoms with Crippen LogP contribution in [0.15, 0.2) is 36.4 Å². The van der Waals surface area contributed by atoms with Crippen LogP contribution in [0.4, 0.5) is 4.39 Å². The van der Waals surface area contributed by atoms with Crippen LogP contribution in [-0.4, -0.2) is 149 Å². The number of morpholine rings is 1. The predicted octanol–water partition coefficient (Wildman–Crippen LogP) is -2.38. The first-order valence-electron chi connectivity index (χ1n) is 15.0. The van der Waals surface area contributed by atoms with E-state index in [-0.39, 0.29) is 28.7 Å². The number of carbonyl (C=O) groups excluding carboxylic acids is 3. The first-order chi connectivity index (χ1) is 22.2. The molecule has 0 aliphatic carbocycles. The molecule has 16 radical (unpaired) electrons. The van der Waals surface area contributed by atoms with Crippen molar-refractivity contribution in [2.45, 2.75) is 72.0 Å². The lowest BCUT2D eigenvalue weighted by atomic mass is 9.52. The summed E-state index contributed by atoms with van der Waals surface area (Å²) in [7, 11) is 51.4. The Kier molecular flexibility index (Phi) is 9.87. The SMILES string of the molecule is [B]C([B])(Oc1cccc2c1C([B])([B])N(C(C(=O)NC)C([B])(O)C([B])(O)C=O)C2=O)c1cc(C([B])([B])N2CC(C)(C)OC(C)(C)C2)ccc1F. The number of aliphatic hydroxyl groups is 2. The van der Waals surface area contributed by atoms with Gasteiger partial charge in [0.25, 0.3) is 5.91 Å². The minimum absolute atomic E-state index is 0.216. The lowest BCUT2D eigenvalue weighted by Gasteiger charge is -2.53. The van der Waals surface area contributed by atoms with E-state index in [1.807, 2.05) is 27.7 Å². The highest BCUT2D eigenvalue weighted by atomic mass is 19.1.